The molecular formula is C23H21N5. The molecule has 138 valence electrons. The SMILES string of the molecule is N#Cc1ccc(CNc2ccc3nc4n(c3c2)CCN(C2=CC=C2)CC4)cc1. The highest BCUT2D eigenvalue weighted by Crippen LogP contribution is 2.25. The lowest BCUT2D eigenvalue weighted by molar-refractivity contribution is 0.359. The molecule has 0 saturated heterocycles. The number of nitrogens with zero attached hydrogens (tertiary/aromatic N) is 4. The van der Waals surface area contributed by atoms with Crippen LogP contribution < -0.4 is 5.32 Å². The molecule has 0 bridgehead atoms. The molecule has 0 unspecified atom stereocenters. The molecule has 5 rings (SSSR count). The number of allylic oxidation sites excluding steroid dienone is 3. The summed E-state index contributed by atoms with van der Waals surface area (Å²) in [7, 11) is 0. The number of fused-ring (bicyclic) bond motifs is 3. The number of hydrogen-bond donors (Lipinski definition) is 1. The van der Waals surface area contributed by atoms with Crippen molar-refractivity contribution in [3.05, 3.63) is 83.3 Å². The summed E-state index contributed by atoms with van der Waals surface area (Å²) in [6, 6.07) is 16.3. The van der Waals surface area contributed by atoms with Gasteiger partial charge in [0.2, 0.25) is 0 Å². The summed E-state index contributed by atoms with van der Waals surface area (Å²) in [4.78, 5) is 7.31. The average Bonchev–Trinajstić information content (AvgIpc) is 2.91. The zero-order chi connectivity index (χ0) is 18.9. The summed E-state index contributed by atoms with van der Waals surface area (Å²) in [5.74, 6) is 1.17. The van der Waals surface area contributed by atoms with Crippen molar-refractivity contribution in [3.63, 3.8) is 0 Å². The second kappa shape index (κ2) is 6.90. The van der Waals surface area contributed by atoms with Gasteiger partial charge in [-0.15, -0.1) is 0 Å². The second-order valence-electron chi connectivity index (χ2n) is 7.23. The molecule has 1 aromatic heterocycles. The van der Waals surface area contributed by atoms with Gasteiger partial charge in [0.15, 0.2) is 0 Å². The van der Waals surface area contributed by atoms with Gasteiger partial charge in [-0.2, -0.15) is 5.26 Å². The predicted molar refractivity (Wildman–Crippen MR) is 111 cm³/mol. The first-order valence-corrected chi connectivity index (χ1v) is 9.65. The van der Waals surface area contributed by atoms with E-state index in [9.17, 15) is 0 Å². The third-order valence-corrected chi connectivity index (χ3v) is 5.50. The van der Waals surface area contributed by atoms with Gasteiger partial charge in [0.05, 0.1) is 22.7 Å². The summed E-state index contributed by atoms with van der Waals surface area (Å²) >= 11 is 0. The van der Waals surface area contributed by atoms with Crippen molar-refractivity contribution in [3.8, 4) is 6.07 Å². The fourth-order valence-electron chi connectivity index (χ4n) is 3.84. The molecule has 0 radical (unpaired) electrons. The van der Waals surface area contributed by atoms with E-state index in [2.05, 4.69) is 57.3 Å². The number of hydrogen-bond acceptors (Lipinski definition) is 4. The number of rotatable bonds is 4. The summed E-state index contributed by atoms with van der Waals surface area (Å²) in [6.07, 6.45) is 7.42. The van der Waals surface area contributed by atoms with Crippen molar-refractivity contribution in [1.29, 1.82) is 5.26 Å². The van der Waals surface area contributed by atoms with Crippen LogP contribution in [-0.4, -0.2) is 27.5 Å². The Morgan fingerprint density at radius 1 is 1.07 bits per heavy atom. The highest BCUT2D eigenvalue weighted by Gasteiger charge is 2.19. The largest absolute Gasteiger partial charge is 0.381 e. The molecule has 1 N–H and O–H groups in total. The zero-order valence-corrected chi connectivity index (χ0v) is 15.6. The van der Waals surface area contributed by atoms with Crippen LogP contribution in [-0.2, 0) is 19.5 Å². The first kappa shape index (κ1) is 16.6. The quantitative estimate of drug-likeness (QED) is 0.761. The topological polar surface area (TPSA) is 56.9 Å². The normalized spacial score (nSPS) is 15.4. The number of imidazole rings is 1. The zero-order valence-electron chi connectivity index (χ0n) is 15.6. The van der Waals surface area contributed by atoms with Crippen molar-refractivity contribution in [2.45, 2.75) is 19.5 Å². The molecule has 1 aliphatic heterocycles. The molecule has 3 aromatic rings. The van der Waals surface area contributed by atoms with Gasteiger partial charge in [-0.1, -0.05) is 18.2 Å². The highest BCUT2D eigenvalue weighted by atomic mass is 15.2. The minimum Gasteiger partial charge on any atom is -0.381 e. The maximum atomic E-state index is 8.91. The van der Waals surface area contributed by atoms with Crippen molar-refractivity contribution in [2.75, 3.05) is 18.4 Å². The Balaban J connectivity index is 1.34. The van der Waals surface area contributed by atoms with E-state index in [0.717, 1.165) is 49.4 Å². The molecule has 5 heteroatoms. The fraction of sp³-hybridized carbons (Fsp3) is 0.217. The molecule has 5 nitrogen and oxygen atoms in total. The summed E-state index contributed by atoms with van der Waals surface area (Å²) in [6.45, 7) is 3.71. The van der Waals surface area contributed by atoms with E-state index in [-0.39, 0.29) is 0 Å². The maximum Gasteiger partial charge on any atom is 0.111 e. The standard InChI is InChI=1S/C23H21N5/c24-15-17-4-6-18(7-5-17)16-25-19-8-9-21-22(14-19)28-13-12-27(20-2-1-3-20)11-10-23(28)26-21/h1-9,14,25H,10-13,16H2. The Morgan fingerprint density at radius 3 is 2.68 bits per heavy atom. The molecule has 0 atom stereocenters. The molecule has 2 aromatic carbocycles. The number of anilines is 1. The Kier molecular flexibility index (Phi) is 4.10. The van der Waals surface area contributed by atoms with Gasteiger partial charge in [0.25, 0.3) is 0 Å². The molecule has 0 saturated carbocycles. The lowest BCUT2D eigenvalue weighted by Crippen LogP contribution is -2.26. The van der Waals surface area contributed by atoms with Crippen LogP contribution >= 0.6 is 0 Å². The van der Waals surface area contributed by atoms with E-state index in [1.165, 1.54) is 17.0 Å². The van der Waals surface area contributed by atoms with Gasteiger partial charge in [0.1, 0.15) is 5.82 Å². The van der Waals surface area contributed by atoms with Gasteiger partial charge >= 0.3 is 0 Å². The van der Waals surface area contributed by atoms with Crippen molar-refractivity contribution in [1.82, 2.24) is 14.5 Å². The van der Waals surface area contributed by atoms with Crippen molar-refractivity contribution < 1.29 is 0 Å². The van der Waals surface area contributed by atoms with Crippen LogP contribution in [0.15, 0.2) is 66.4 Å². The van der Waals surface area contributed by atoms with Crippen LogP contribution in [0, 0.1) is 11.3 Å². The third kappa shape index (κ3) is 3.03. The maximum absolute atomic E-state index is 8.91. The van der Waals surface area contributed by atoms with Crippen molar-refractivity contribution >= 4 is 16.7 Å². The number of aromatic nitrogens is 2. The van der Waals surface area contributed by atoms with E-state index in [1.807, 2.05) is 24.3 Å². The van der Waals surface area contributed by atoms with Crippen LogP contribution in [0.1, 0.15) is 17.0 Å². The summed E-state index contributed by atoms with van der Waals surface area (Å²) < 4.78 is 2.37. The van der Waals surface area contributed by atoms with Crippen LogP contribution in [0.2, 0.25) is 0 Å². The Hall–Kier alpha value is -3.52. The molecule has 1 aliphatic carbocycles. The molecule has 2 heterocycles. The first-order valence-electron chi connectivity index (χ1n) is 9.65. The molecule has 0 fully saturated rings. The number of nitriles is 1. The Morgan fingerprint density at radius 2 is 1.93 bits per heavy atom. The molecule has 0 spiro atoms. The predicted octanol–water partition coefficient (Wildman–Crippen LogP) is 3.83. The third-order valence-electron chi connectivity index (χ3n) is 5.50. The van der Waals surface area contributed by atoms with Gasteiger partial charge in [-0.3, -0.25) is 0 Å². The van der Waals surface area contributed by atoms with E-state index in [0.29, 0.717) is 5.56 Å². The fourth-order valence-corrected chi connectivity index (χ4v) is 3.84. The number of nitrogens with one attached hydrogen (secondary N) is 1. The van der Waals surface area contributed by atoms with Gasteiger partial charge in [-0.05, 0) is 48.0 Å². The molecule has 2 aliphatic rings. The second-order valence-corrected chi connectivity index (χ2v) is 7.23. The van der Waals surface area contributed by atoms with Crippen LogP contribution in [0.4, 0.5) is 5.69 Å². The number of benzene rings is 2. The molecular weight excluding hydrogens is 346 g/mol. The van der Waals surface area contributed by atoms with Crippen molar-refractivity contribution in [2.24, 2.45) is 0 Å². The van der Waals surface area contributed by atoms with Crippen LogP contribution in [0.3, 0.4) is 0 Å². The van der Waals surface area contributed by atoms with Crippen LogP contribution in [0.25, 0.3) is 11.0 Å². The Labute approximate surface area is 164 Å². The van der Waals surface area contributed by atoms with Gasteiger partial charge in [0, 0.05) is 44.0 Å². The molecule has 28 heavy (non-hydrogen) atoms. The minimum atomic E-state index is 0.689. The lowest BCUT2D eigenvalue weighted by Gasteiger charge is -2.25. The molecule has 0 amide bonds. The lowest BCUT2D eigenvalue weighted by atomic mass is 10.1. The Bertz CT molecular complexity index is 1130. The first-order chi connectivity index (χ1) is 13.8. The average molecular weight is 367 g/mol. The summed E-state index contributed by atoms with van der Waals surface area (Å²) in [5.41, 5.74) is 6.53. The van der Waals surface area contributed by atoms with E-state index >= 15 is 0 Å². The van der Waals surface area contributed by atoms with Gasteiger partial charge < -0.3 is 14.8 Å². The monoisotopic (exact) mass is 367 g/mol. The van der Waals surface area contributed by atoms with E-state index in [4.69, 9.17) is 10.2 Å². The van der Waals surface area contributed by atoms with E-state index < -0.39 is 0 Å². The smallest absolute Gasteiger partial charge is 0.111 e. The highest BCUT2D eigenvalue weighted by molar-refractivity contribution is 5.80. The van der Waals surface area contributed by atoms with E-state index in [1.54, 1.807) is 0 Å². The van der Waals surface area contributed by atoms with Gasteiger partial charge in [-0.25, -0.2) is 4.98 Å². The summed E-state index contributed by atoms with van der Waals surface area (Å²) in [5, 5.41) is 12.4. The van der Waals surface area contributed by atoms with Crippen LogP contribution in [0.5, 0.6) is 0 Å². The minimum absolute atomic E-state index is 0.689.